The molecule has 4 rings (SSSR count). The van der Waals surface area contributed by atoms with Crippen molar-refractivity contribution in [2.45, 2.75) is 31.4 Å². The molecule has 30 heavy (non-hydrogen) atoms. The normalized spacial score (nSPS) is 18.1. The largest absolute Gasteiger partial charge is 1.00 e. The molecule has 1 saturated carbocycles. The molecule has 1 aromatic carbocycles. The van der Waals surface area contributed by atoms with E-state index in [0.29, 0.717) is 24.4 Å². The van der Waals surface area contributed by atoms with Gasteiger partial charge in [0.2, 0.25) is 5.88 Å². The molecule has 152 valence electrons. The summed E-state index contributed by atoms with van der Waals surface area (Å²) < 4.78 is 56.8. The zero-order valence-corrected chi connectivity index (χ0v) is 17.6. The molecule has 0 bridgehead atoms. The zero-order chi connectivity index (χ0) is 20.4. The Hall–Kier alpha value is -2.50. The van der Waals surface area contributed by atoms with Crippen LogP contribution in [-0.4, -0.2) is 33.7 Å². The number of aromatic nitrogens is 3. The van der Waals surface area contributed by atoms with Crippen LogP contribution in [0.4, 0.5) is 13.2 Å². The van der Waals surface area contributed by atoms with Crippen LogP contribution < -0.4 is 48.9 Å². The number of ether oxygens (including phenoxy) is 3. The first-order chi connectivity index (χ1) is 13.8. The van der Waals surface area contributed by atoms with Gasteiger partial charge in [-0.25, -0.2) is 9.97 Å². The van der Waals surface area contributed by atoms with Crippen LogP contribution in [-0.2, 0) is 0 Å². The Morgan fingerprint density at radius 2 is 1.73 bits per heavy atom. The van der Waals surface area contributed by atoms with Gasteiger partial charge in [0.1, 0.15) is 29.4 Å². The van der Waals surface area contributed by atoms with Crippen LogP contribution in [0, 0.1) is 0 Å². The molecule has 0 atom stereocenters. The number of hydrogen-bond donors (Lipinski definition) is 0. The van der Waals surface area contributed by atoms with Gasteiger partial charge in [-0.2, -0.15) is 0 Å². The van der Waals surface area contributed by atoms with Crippen molar-refractivity contribution in [2.24, 2.45) is 0 Å². The van der Waals surface area contributed by atoms with E-state index in [1.54, 1.807) is 6.07 Å². The maximum Gasteiger partial charge on any atom is 1.00 e. The molecule has 0 spiro atoms. The van der Waals surface area contributed by atoms with Crippen LogP contribution in [0.2, 0.25) is 0 Å². The summed E-state index contributed by atoms with van der Waals surface area (Å²) in [6, 6.07) is 6.56. The third-order valence-electron chi connectivity index (χ3n) is 4.05. The van der Waals surface area contributed by atoms with E-state index in [0.717, 1.165) is 0 Å². The molecule has 8 nitrogen and oxygen atoms in total. The Morgan fingerprint density at radius 1 is 1.00 bits per heavy atom. The van der Waals surface area contributed by atoms with E-state index < -0.39 is 12.2 Å². The van der Waals surface area contributed by atoms with Crippen LogP contribution in [0.1, 0.15) is 12.8 Å². The SMILES string of the molecule is [Na+].[O-]c1cc(-c2cnc(O[C@H]3C[C@H](Oc4cccc(OC(F)(F)F)c4)C3)cn2)on1. The minimum absolute atomic E-state index is 0. The van der Waals surface area contributed by atoms with Crippen molar-refractivity contribution in [3.63, 3.8) is 0 Å². The molecule has 2 heterocycles. The molecule has 0 N–H and O–H groups in total. The van der Waals surface area contributed by atoms with Crippen molar-refractivity contribution in [1.29, 1.82) is 0 Å². The minimum atomic E-state index is -4.75. The van der Waals surface area contributed by atoms with Crippen molar-refractivity contribution < 1.29 is 66.6 Å². The van der Waals surface area contributed by atoms with E-state index in [1.165, 1.54) is 36.7 Å². The first-order valence-electron chi connectivity index (χ1n) is 8.49. The molecule has 0 saturated heterocycles. The smallest absolute Gasteiger partial charge is 0.856 e. The van der Waals surface area contributed by atoms with Crippen LogP contribution in [0.25, 0.3) is 11.5 Å². The minimum Gasteiger partial charge on any atom is -0.856 e. The summed E-state index contributed by atoms with van der Waals surface area (Å²) in [6.07, 6.45) is -1.24. The second-order valence-electron chi connectivity index (χ2n) is 6.24. The van der Waals surface area contributed by atoms with Crippen LogP contribution in [0.15, 0.2) is 47.2 Å². The first-order valence-corrected chi connectivity index (χ1v) is 8.49. The maximum absolute atomic E-state index is 12.3. The average Bonchev–Trinajstić information content (AvgIpc) is 3.06. The number of hydrogen-bond acceptors (Lipinski definition) is 8. The quantitative estimate of drug-likeness (QED) is 0.507. The summed E-state index contributed by atoms with van der Waals surface area (Å²) >= 11 is 0. The Kier molecular flexibility index (Phi) is 6.74. The molecule has 1 aliphatic rings. The number of alkyl halides is 3. The Morgan fingerprint density at radius 3 is 2.37 bits per heavy atom. The van der Waals surface area contributed by atoms with Gasteiger partial charge in [0.15, 0.2) is 5.76 Å². The van der Waals surface area contributed by atoms with Gasteiger partial charge in [-0.15, -0.1) is 13.2 Å². The van der Waals surface area contributed by atoms with E-state index in [2.05, 4.69) is 19.9 Å². The fourth-order valence-corrected chi connectivity index (χ4v) is 2.70. The monoisotopic (exact) mass is 431 g/mol. The van der Waals surface area contributed by atoms with E-state index in [1.807, 2.05) is 0 Å². The zero-order valence-electron chi connectivity index (χ0n) is 15.6. The van der Waals surface area contributed by atoms with Crippen molar-refractivity contribution in [1.82, 2.24) is 15.1 Å². The van der Waals surface area contributed by atoms with Gasteiger partial charge in [-0.3, -0.25) is 0 Å². The fourth-order valence-electron chi connectivity index (χ4n) is 2.70. The summed E-state index contributed by atoms with van der Waals surface area (Å²) in [7, 11) is 0. The topological polar surface area (TPSA) is 103 Å². The molecule has 2 aromatic heterocycles. The summed E-state index contributed by atoms with van der Waals surface area (Å²) in [4.78, 5) is 8.20. The molecule has 0 radical (unpaired) electrons. The van der Waals surface area contributed by atoms with Gasteiger partial charge in [-0.1, -0.05) is 11.2 Å². The van der Waals surface area contributed by atoms with E-state index in [-0.39, 0.29) is 59.0 Å². The van der Waals surface area contributed by atoms with Gasteiger partial charge in [-0.05, 0) is 12.1 Å². The summed E-state index contributed by atoms with van der Waals surface area (Å²) in [5.74, 6) is -0.0573. The molecule has 1 fully saturated rings. The predicted molar refractivity (Wildman–Crippen MR) is 88.2 cm³/mol. The molecule has 0 unspecified atom stereocenters. The summed E-state index contributed by atoms with van der Waals surface area (Å²) in [6.45, 7) is 0. The molecular weight excluding hydrogens is 418 g/mol. The Balaban J connectivity index is 0.00000256. The van der Waals surface area contributed by atoms with Gasteiger partial charge in [0.25, 0.3) is 0 Å². The third kappa shape index (κ3) is 5.77. The van der Waals surface area contributed by atoms with Crippen LogP contribution in [0.5, 0.6) is 23.3 Å². The van der Waals surface area contributed by atoms with Gasteiger partial charge in [0.05, 0.1) is 12.4 Å². The van der Waals surface area contributed by atoms with Crippen molar-refractivity contribution in [3.05, 3.63) is 42.7 Å². The fraction of sp³-hybridized carbons (Fsp3) is 0.278. The third-order valence-corrected chi connectivity index (χ3v) is 4.05. The second-order valence-corrected chi connectivity index (χ2v) is 6.24. The van der Waals surface area contributed by atoms with Crippen LogP contribution >= 0.6 is 0 Å². The molecule has 12 heteroatoms. The molecular formula is C18H13F3N3NaO5. The molecule has 3 aromatic rings. The number of rotatable bonds is 6. The summed E-state index contributed by atoms with van der Waals surface area (Å²) in [5, 5.41) is 14.3. The Bertz CT molecular complexity index is 978. The van der Waals surface area contributed by atoms with Crippen LogP contribution in [0.3, 0.4) is 0 Å². The van der Waals surface area contributed by atoms with Crippen molar-refractivity contribution in [3.8, 4) is 34.7 Å². The number of benzene rings is 1. The first kappa shape index (κ1) is 22.2. The van der Waals surface area contributed by atoms with E-state index in [9.17, 15) is 18.3 Å². The van der Waals surface area contributed by atoms with E-state index >= 15 is 0 Å². The summed E-state index contributed by atoms with van der Waals surface area (Å²) in [5.41, 5.74) is 0.350. The predicted octanol–water partition coefficient (Wildman–Crippen LogP) is 0.0966. The molecule has 1 aliphatic carbocycles. The second kappa shape index (κ2) is 9.11. The van der Waals surface area contributed by atoms with Gasteiger partial charge < -0.3 is 23.8 Å². The average molecular weight is 431 g/mol. The molecule has 0 aliphatic heterocycles. The van der Waals surface area contributed by atoms with Crippen molar-refractivity contribution in [2.75, 3.05) is 0 Å². The van der Waals surface area contributed by atoms with Gasteiger partial charge in [0, 0.05) is 30.9 Å². The van der Waals surface area contributed by atoms with Crippen molar-refractivity contribution >= 4 is 0 Å². The standard InChI is InChI=1S/C18H14F3N3O5.Na/c19-18(20,21)28-11-3-1-2-10(4-11)26-12-5-13(6-12)27-17-9-22-14(8-23-17)15-7-16(25)24-29-15;/h1-4,7-9,12-13H,5-6H2,(H,24,25);/q;+1/p-1/t12-,13-;. The number of nitrogens with zero attached hydrogens (tertiary/aromatic N) is 3. The van der Waals surface area contributed by atoms with Gasteiger partial charge >= 0.3 is 35.9 Å². The van der Waals surface area contributed by atoms with E-state index in [4.69, 9.17) is 14.0 Å². The Labute approximate surface area is 190 Å². The maximum atomic E-state index is 12.3. The molecule has 0 amide bonds. The number of halogens is 3.